The van der Waals surface area contributed by atoms with E-state index in [9.17, 15) is 9.90 Å². The van der Waals surface area contributed by atoms with Gasteiger partial charge >= 0.3 is 5.97 Å². The predicted molar refractivity (Wildman–Crippen MR) is 71.5 cm³/mol. The number of carboxylic acids is 1. The van der Waals surface area contributed by atoms with E-state index in [1.54, 1.807) is 0 Å². The number of rotatable bonds is 2. The Hall–Kier alpha value is -1.03. The van der Waals surface area contributed by atoms with Gasteiger partial charge < -0.3 is 10.0 Å². The molecule has 0 bridgehead atoms. The zero-order valence-corrected chi connectivity index (χ0v) is 11.6. The molecule has 0 spiro atoms. The number of hydrogen-bond donors (Lipinski definition) is 1. The van der Waals surface area contributed by atoms with Gasteiger partial charge in [-0.15, -0.1) is 0 Å². The summed E-state index contributed by atoms with van der Waals surface area (Å²) in [6.07, 6.45) is 0.697. The Kier molecular flexibility index (Phi) is 3.17. The van der Waals surface area contributed by atoms with E-state index < -0.39 is 11.4 Å². The first-order valence-electron chi connectivity index (χ1n) is 5.67. The molecule has 1 saturated heterocycles. The van der Waals surface area contributed by atoms with Gasteiger partial charge in [0.25, 0.3) is 0 Å². The topological polar surface area (TPSA) is 40.5 Å². The number of hydrogen-bond acceptors (Lipinski definition) is 2. The van der Waals surface area contributed by atoms with E-state index in [-0.39, 0.29) is 0 Å². The van der Waals surface area contributed by atoms with E-state index >= 15 is 0 Å². The number of carbonyl (C=O) groups is 1. The summed E-state index contributed by atoms with van der Waals surface area (Å²) in [5, 5.41) is 9.21. The fourth-order valence-corrected chi connectivity index (χ4v) is 2.95. The van der Waals surface area contributed by atoms with Crippen molar-refractivity contribution < 1.29 is 9.90 Å². The van der Waals surface area contributed by atoms with Crippen LogP contribution in [0.1, 0.15) is 18.9 Å². The van der Waals surface area contributed by atoms with Crippen LogP contribution in [0, 0.1) is 12.3 Å². The molecule has 0 aliphatic carbocycles. The summed E-state index contributed by atoms with van der Waals surface area (Å²) in [5.41, 5.74) is 1.66. The molecule has 1 atom stereocenters. The fourth-order valence-electron chi connectivity index (χ4n) is 2.21. The largest absolute Gasteiger partial charge is 0.481 e. The van der Waals surface area contributed by atoms with E-state index in [2.05, 4.69) is 33.0 Å². The van der Waals surface area contributed by atoms with Crippen molar-refractivity contribution in [2.45, 2.75) is 20.3 Å². The van der Waals surface area contributed by atoms with Gasteiger partial charge in [0.05, 0.1) is 11.1 Å². The molecule has 1 unspecified atom stereocenters. The molecule has 1 heterocycles. The second-order valence-corrected chi connectivity index (χ2v) is 5.85. The third-order valence-electron chi connectivity index (χ3n) is 3.43. The van der Waals surface area contributed by atoms with E-state index in [1.807, 2.05) is 19.9 Å². The number of benzene rings is 1. The van der Waals surface area contributed by atoms with Crippen molar-refractivity contribution in [1.29, 1.82) is 0 Å². The SMILES string of the molecule is Cc1ccc(N2CCC(C)(C(=O)O)C2)c(Br)c1. The summed E-state index contributed by atoms with van der Waals surface area (Å²) in [5.74, 6) is -0.705. The summed E-state index contributed by atoms with van der Waals surface area (Å²) in [6.45, 7) is 5.23. The third-order valence-corrected chi connectivity index (χ3v) is 4.07. The molecule has 0 radical (unpaired) electrons. The van der Waals surface area contributed by atoms with Gasteiger partial charge in [0.15, 0.2) is 0 Å². The van der Waals surface area contributed by atoms with Crippen molar-refractivity contribution in [1.82, 2.24) is 0 Å². The molecule has 3 nitrogen and oxygen atoms in total. The number of aryl methyl sites for hydroxylation is 1. The molecule has 1 aliphatic rings. The van der Waals surface area contributed by atoms with Crippen molar-refractivity contribution in [2.75, 3.05) is 18.0 Å². The summed E-state index contributed by atoms with van der Waals surface area (Å²) in [4.78, 5) is 13.3. The molecule has 2 rings (SSSR count). The molecule has 4 heteroatoms. The first kappa shape index (κ1) is 12.4. The molecular formula is C13H16BrNO2. The van der Waals surface area contributed by atoms with Crippen LogP contribution < -0.4 is 4.90 Å². The third kappa shape index (κ3) is 2.32. The molecule has 1 aromatic carbocycles. The van der Waals surface area contributed by atoms with Crippen LogP contribution in [-0.2, 0) is 4.79 Å². The summed E-state index contributed by atoms with van der Waals surface area (Å²) < 4.78 is 1.03. The minimum Gasteiger partial charge on any atom is -0.481 e. The zero-order chi connectivity index (χ0) is 12.6. The van der Waals surface area contributed by atoms with Gasteiger partial charge in [-0.3, -0.25) is 4.79 Å². The minimum absolute atomic E-state index is 0.573. The summed E-state index contributed by atoms with van der Waals surface area (Å²) >= 11 is 3.54. The van der Waals surface area contributed by atoms with E-state index in [0.29, 0.717) is 13.0 Å². The monoisotopic (exact) mass is 297 g/mol. The van der Waals surface area contributed by atoms with Crippen LogP contribution >= 0.6 is 15.9 Å². The number of nitrogens with zero attached hydrogens (tertiary/aromatic N) is 1. The van der Waals surface area contributed by atoms with Crippen LogP contribution in [0.3, 0.4) is 0 Å². The van der Waals surface area contributed by atoms with Gasteiger partial charge in [-0.2, -0.15) is 0 Å². The second kappa shape index (κ2) is 4.33. The Balaban J connectivity index is 2.24. The molecule has 1 fully saturated rings. The molecule has 0 saturated carbocycles. The number of carboxylic acid groups (broad SMARTS) is 1. The Morgan fingerprint density at radius 1 is 1.53 bits per heavy atom. The normalized spacial score (nSPS) is 24.1. The highest BCUT2D eigenvalue weighted by atomic mass is 79.9. The van der Waals surface area contributed by atoms with Crippen LogP contribution in [0.2, 0.25) is 0 Å². The van der Waals surface area contributed by atoms with Crippen molar-refractivity contribution in [3.05, 3.63) is 28.2 Å². The van der Waals surface area contributed by atoms with Gasteiger partial charge in [0.2, 0.25) is 0 Å². The lowest BCUT2D eigenvalue weighted by molar-refractivity contribution is -0.146. The molecule has 1 aliphatic heterocycles. The van der Waals surface area contributed by atoms with Crippen LogP contribution in [0.5, 0.6) is 0 Å². The molecule has 17 heavy (non-hydrogen) atoms. The lowest BCUT2D eigenvalue weighted by atomic mass is 9.90. The Morgan fingerprint density at radius 2 is 2.24 bits per heavy atom. The van der Waals surface area contributed by atoms with Crippen LogP contribution in [0.15, 0.2) is 22.7 Å². The first-order chi connectivity index (χ1) is 7.92. The van der Waals surface area contributed by atoms with Crippen molar-refractivity contribution >= 4 is 27.6 Å². The van der Waals surface area contributed by atoms with Gasteiger partial charge in [-0.05, 0) is 53.9 Å². The minimum atomic E-state index is -0.705. The molecule has 0 amide bonds. The van der Waals surface area contributed by atoms with E-state index in [0.717, 1.165) is 16.7 Å². The maximum atomic E-state index is 11.2. The summed E-state index contributed by atoms with van der Waals surface area (Å²) in [6, 6.07) is 6.16. The van der Waals surface area contributed by atoms with Crippen molar-refractivity contribution in [3.8, 4) is 0 Å². The molecule has 1 N–H and O–H groups in total. The van der Waals surface area contributed by atoms with Gasteiger partial charge in [0.1, 0.15) is 0 Å². The van der Waals surface area contributed by atoms with E-state index in [1.165, 1.54) is 5.56 Å². The highest BCUT2D eigenvalue weighted by molar-refractivity contribution is 9.10. The standard InChI is InChI=1S/C13H16BrNO2/c1-9-3-4-11(10(14)7-9)15-6-5-13(2,8-15)12(16)17/h3-4,7H,5-6,8H2,1-2H3,(H,16,17). The molecule has 0 aromatic heterocycles. The smallest absolute Gasteiger partial charge is 0.311 e. The molecule has 1 aromatic rings. The van der Waals surface area contributed by atoms with E-state index in [4.69, 9.17) is 0 Å². The number of anilines is 1. The van der Waals surface area contributed by atoms with Crippen molar-refractivity contribution in [3.63, 3.8) is 0 Å². The lowest BCUT2D eigenvalue weighted by Crippen LogP contribution is -2.31. The number of aliphatic carboxylic acids is 1. The summed E-state index contributed by atoms with van der Waals surface area (Å²) in [7, 11) is 0. The number of halogens is 1. The highest BCUT2D eigenvalue weighted by Crippen LogP contribution is 2.36. The highest BCUT2D eigenvalue weighted by Gasteiger charge is 2.40. The second-order valence-electron chi connectivity index (χ2n) is 4.99. The Labute approximate surface area is 110 Å². The molecular weight excluding hydrogens is 282 g/mol. The van der Waals surface area contributed by atoms with Crippen LogP contribution in [0.4, 0.5) is 5.69 Å². The first-order valence-corrected chi connectivity index (χ1v) is 6.46. The predicted octanol–water partition coefficient (Wildman–Crippen LogP) is 3.06. The molecule has 92 valence electrons. The van der Waals surface area contributed by atoms with Crippen LogP contribution in [0.25, 0.3) is 0 Å². The average Bonchev–Trinajstić information content (AvgIpc) is 2.62. The zero-order valence-electron chi connectivity index (χ0n) is 10.0. The fraction of sp³-hybridized carbons (Fsp3) is 0.462. The lowest BCUT2D eigenvalue weighted by Gasteiger charge is -2.23. The maximum absolute atomic E-state index is 11.2. The Morgan fingerprint density at radius 3 is 2.76 bits per heavy atom. The van der Waals surface area contributed by atoms with Crippen molar-refractivity contribution in [2.24, 2.45) is 5.41 Å². The Bertz CT molecular complexity index is 461. The maximum Gasteiger partial charge on any atom is 0.311 e. The quantitative estimate of drug-likeness (QED) is 0.912. The van der Waals surface area contributed by atoms with Gasteiger partial charge in [-0.25, -0.2) is 0 Å². The van der Waals surface area contributed by atoms with Crippen LogP contribution in [-0.4, -0.2) is 24.2 Å². The average molecular weight is 298 g/mol. The van der Waals surface area contributed by atoms with Gasteiger partial charge in [0, 0.05) is 17.6 Å². The van der Waals surface area contributed by atoms with Gasteiger partial charge in [-0.1, -0.05) is 6.07 Å².